The zero-order chi connectivity index (χ0) is 15.1. The number of aromatic nitrogens is 3. The van der Waals surface area contributed by atoms with Gasteiger partial charge in [-0.3, -0.25) is 4.90 Å². The minimum Gasteiger partial charge on any atom is -0.383 e. The van der Waals surface area contributed by atoms with Crippen LogP contribution < -0.4 is 5.32 Å². The van der Waals surface area contributed by atoms with Gasteiger partial charge in [0.05, 0.1) is 19.2 Å². The maximum atomic E-state index is 5.36. The van der Waals surface area contributed by atoms with Crippen LogP contribution in [0.15, 0.2) is 6.33 Å². The van der Waals surface area contributed by atoms with Gasteiger partial charge in [0.2, 0.25) is 0 Å². The van der Waals surface area contributed by atoms with Crippen LogP contribution in [0.1, 0.15) is 31.6 Å². The van der Waals surface area contributed by atoms with Crippen molar-refractivity contribution in [3.8, 4) is 12.3 Å². The number of methoxy groups -OCH3 is 1. The predicted molar refractivity (Wildman–Crippen MR) is 81.7 cm³/mol. The molecule has 1 aromatic rings. The van der Waals surface area contributed by atoms with Gasteiger partial charge in [-0.15, -0.1) is 16.6 Å². The fourth-order valence-electron chi connectivity index (χ4n) is 2.78. The van der Waals surface area contributed by atoms with Crippen LogP contribution in [0.3, 0.4) is 0 Å². The second-order valence-electron chi connectivity index (χ2n) is 5.52. The van der Waals surface area contributed by atoms with Gasteiger partial charge in [0.1, 0.15) is 12.2 Å². The summed E-state index contributed by atoms with van der Waals surface area (Å²) in [6.07, 6.45) is 9.37. The summed E-state index contributed by atoms with van der Waals surface area (Å²) in [5.74, 6) is 3.68. The third-order valence-corrected chi connectivity index (χ3v) is 3.96. The average molecular weight is 291 g/mol. The molecule has 21 heavy (non-hydrogen) atoms. The normalized spacial score (nSPS) is 18.5. The fourth-order valence-corrected chi connectivity index (χ4v) is 2.78. The van der Waals surface area contributed by atoms with Crippen LogP contribution in [0.5, 0.6) is 0 Å². The minimum atomic E-state index is 0.188. The number of hydrogen-bond donors (Lipinski definition) is 1. The first-order chi connectivity index (χ1) is 10.2. The van der Waals surface area contributed by atoms with Crippen molar-refractivity contribution in [2.24, 2.45) is 0 Å². The van der Waals surface area contributed by atoms with Crippen molar-refractivity contribution in [1.82, 2.24) is 25.0 Å². The summed E-state index contributed by atoms with van der Waals surface area (Å²) in [6.45, 7) is 6.47. The van der Waals surface area contributed by atoms with Crippen LogP contribution in [0, 0.1) is 12.3 Å². The molecular weight excluding hydrogens is 266 g/mol. The van der Waals surface area contributed by atoms with Crippen LogP contribution >= 0.6 is 0 Å². The van der Waals surface area contributed by atoms with Gasteiger partial charge in [-0.05, 0) is 19.8 Å². The number of hydrogen-bond acceptors (Lipinski definition) is 5. The number of likely N-dealkylation sites (tertiary alicyclic amines) is 1. The minimum absolute atomic E-state index is 0.188. The van der Waals surface area contributed by atoms with Gasteiger partial charge in [0.15, 0.2) is 0 Å². The van der Waals surface area contributed by atoms with Gasteiger partial charge in [-0.2, -0.15) is 0 Å². The van der Waals surface area contributed by atoms with Gasteiger partial charge in [-0.25, -0.2) is 0 Å². The van der Waals surface area contributed by atoms with Crippen LogP contribution in [-0.2, 0) is 11.3 Å². The molecular formula is C15H25N5O. The molecule has 0 saturated carbocycles. The Morgan fingerprint density at radius 3 is 2.95 bits per heavy atom. The molecule has 1 aromatic heterocycles. The Hall–Kier alpha value is -1.42. The maximum Gasteiger partial charge on any atom is 0.149 e. The standard InChI is InChI=1S/C15H25N5O/c1-4-7-19-8-5-14(6-9-19)17-13(2)15-18-16-12-20(15)10-11-21-3/h1,12-14,17H,5-11H2,2-3H3. The monoisotopic (exact) mass is 291 g/mol. The van der Waals surface area contributed by atoms with Crippen molar-refractivity contribution in [3.63, 3.8) is 0 Å². The van der Waals surface area contributed by atoms with E-state index < -0.39 is 0 Å². The lowest BCUT2D eigenvalue weighted by Gasteiger charge is -2.32. The van der Waals surface area contributed by atoms with E-state index in [1.165, 1.54) is 0 Å². The summed E-state index contributed by atoms with van der Waals surface area (Å²) in [6, 6.07) is 0.704. The molecule has 2 heterocycles. The van der Waals surface area contributed by atoms with Crippen molar-refractivity contribution >= 4 is 0 Å². The highest BCUT2D eigenvalue weighted by Gasteiger charge is 2.22. The van der Waals surface area contributed by atoms with E-state index in [4.69, 9.17) is 11.2 Å². The molecule has 0 spiro atoms. The quantitative estimate of drug-likeness (QED) is 0.749. The number of terminal acetylenes is 1. The molecule has 1 unspecified atom stereocenters. The maximum absolute atomic E-state index is 5.36. The van der Waals surface area contributed by atoms with Crippen LogP contribution in [-0.4, -0.2) is 59.1 Å². The molecule has 116 valence electrons. The first kappa shape index (κ1) is 16.0. The Balaban J connectivity index is 1.83. The van der Waals surface area contributed by atoms with Gasteiger partial charge < -0.3 is 14.6 Å². The molecule has 1 fully saturated rings. The number of piperidine rings is 1. The van der Waals surface area contributed by atoms with Crippen molar-refractivity contribution in [2.45, 2.75) is 38.4 Å². The zero-order valence-corrected chi connectivity index (χ0v) is 13.0. The lowest BCUT2D eigenvalue weighted by Crippen LogP contribution is -2.43. The first-order valence-electron chi connectivity index (χ1n) is 7.53. The summed E-state index contributed by atoms with van der Waals surface area (Å²) in [4.78, 5) is 2.32. The Bertz CT molecular complexity index is 459. The highest BCUT2D eigenvalue weighted by Crippen LogP contribution is 2.15. The molecule has 0 radical (unpaired) electrons. The average Bonchev–Trinajstić information content (AvgIpc) is 2.96. The Kier molecular flexibility index (Phi) is 6.18. The van der Waals surface area contributed by atoms with Crippen LogP contribution in [0.2, 0.25) is 0 Å². The molecule has 0 amide bonds. The SMILES string of the molecule is C#CCN1CCC(NC(C)c2nncn2CCOC)CC1. The molecule has 0 aliphatic carbocycles. The van der Waals surface area contributed by atoms with Crippen LogP contribution in [0.25, 0.3) is 0 Å². The smallest absolute Gasteiger partial charge is 0.149 e. The van der Waals surface area contributed by atoms with E-state index >= 15 is 0 Å². The summed E-state index contributed by atoms with van der Waals surface area (Å²) in [5, 5.41) is 11.9. The second-order valence-corrected chi connectivity index (χ2v) is 5.52. The Labute approximate surface area is 126 Å². The molecule has 1 saturated heterocycles. The van der Waals surface area contributed by atoms with Gasteiger partial charge in [0, 0.05) is 32.8 Å². The number of nitrogens with zero attached hydrogens (tertiary/aromatic N) is 4. The van der Waals surface area contributed by atoms with Crippen molar-refractivity contribution in [3.05, 3.63) is 12.2 Å². The molecule has 0 aromatic carbocycles. The van der Waals surface area contributed by atoms with E-state index in [2.05, 4.69) is 37.8 Å². The third-order valence-electron chi connectivity index (χ3n) is 3.96. The lowest BCUT2D eigenvalue weighted by atomic mass is 10.0. The largest absolute Gasteiger partial charge is 0.383 e. The van der Waals surface area contributed by atoms with Crippen molar-refractivity contribution < 1.29 is 4.74 Å². The summed E-state index contributed by atoms with van der Waals surface area (Å²) < 4.78 is 7.17. The second kappa shape index (κ2) is 8.13. The van der Waals surface area contributed by atoms with E-state index in [0.717, 1.165) is 44.8 Å². The summed E-state index contributed by atoms with van der Waals surface area (Å²) in [5.41, 5.74) is 0. The molecule has 6 heteroatoms. The topological polar surface area (TPSA) is 55.2 Å². The van der Waals surface area contributed by atoms with Gasteiger partial charge in [-0.1, -0.05) is 5.92 Å². The first-order valence-corrected chi connectivity index (χ1v) is 7.53. The van der Waals surface area contributed by atoms with E-state index in [9.17, 15) is 0 Å². The molecule has 1 atom stereocenters. The molecule has 1 N–H and O–H groups in total. The van der Waals surface area contributed by atoms with Crippen LogP contribution in [0.4, 0.5) is 0 Å². The van der Waals surface area contributed by atoms with E-state index in [1.807, 2.05) is 0 Å². The fraction of sp³-hybridized carbons (Fsp3) is 0.733. The van der Waals surface area contributed by atoms with E-state index in [-0.39, 0.29) is 6.04 Å². The molecule has 0 bridgehead atoms. The Morgan fingerprint density at radius 2 is 2.29 bits per heavy atom. The van der Waals surface area contributed by atoms with Crippen molar-refractivity contribution in [2.75, 3.05) is 33.4 Å². The van der Waals surface area contributed by atoms with Gasteiger partial charge >= 0.3 is 0 Å². The third kappa shape index (κ3) is 4.53. The van der Waals surface area contributed by atoms with Crippen molar-refractivity contribution in [1.29, 1.82) is 0 Å². The highest BCUT2D eigenvalue weighted by atomic mass is 16.5. The summed E-state index contributed by atoms with van der Waals surface area (Å²) >= 11 is 0. The number of ether oxygens (including phenoxy) is 1. The molecule has 2 rings (SSSR count). The Morgan fingerprint density at radius 1 is 1.52 bits per heavy atom. The lowest BCUT2D eigenvalue weighted by molar-refractivity contribution is 0.184. The van der Waals surface area contributed by atoms with E-state index in [0.29, 0.717) is 12.6 Å². The van der Waals surface area contributed by atoms with E-state index in [1.54, 1.807) is 13.4 Å². The van der Waals surface area contributed by atoms with Gasteiger partial charge in [0.25, 0.3) is 0 Å². The predicted octanol–water partition coefficient (Wildman–Crippen LogP) is 0.673. The molecule has 1 aliphatic rings. The number of nitrogens with one attached hydrogen (secondary N) is 1. The highest BCUT2D eigenvalue weighted by molar-refractivity contribution is 4.96. The zero-order valence-electron chi connectivity index (χ0n) is 13.0. The molecule has 6 nitrogen and oxygen atoms in total. The summed E-state index contributed by atoms with van der Waals surface area (Å²) in [7, 11) is 1.70. The number of rotatable bonds is 7. The molecule has 1 aliphatic heterocycles.